The Morgan fingerprint density at radius 1 is 1.42 bits per heavy atom. The molecule has 1 fully saturated rings. The normalized spacial score (nSPS) is 18.5. The van der Waals surface area contributed by atoms with Gasteiger partial charge in [0, 0.05) is 6.54 Å². The molecule has 0 aromatic heterocycles. The molecule has 1 saturated heterocycles. The Morgan fingerprint density at radius 2 is 2.26 bits per heavy atom. The van der Waals surface area contributed by atoms with E-state index in [1.165, 1.54) is 17.5 Å². The van der Waals surface area contributed by atoms with Crippen molar-refractivity contribution in [3.8, 4) is 0 Å². The first kappa shape index (κ1) is 16.0. The predicted octanol–water partition coefficient (Wildman–Crippen LogP) is 2.22. The van der Waals surface area contributed by atoms with Gasteiger partial charge < -0.3 is 10.6 Å². The summed E-state index contributed by atoms with van der Waals surface area (Å²) >= 11 is 0. The molecule has 106 valence electrons. The molecule has 0 spiro atoms. The molecule has 19 heavy (non-hydrogen) atoms. The van der Waals surface area contributed by atoms with Crippen LogP contribution in [-0.4, -0.2) is 25.0 Å². The van der Waals surface area contributed by atoms with Crippen LogP contribution in [0.15, 0.2) is 24.3 Å². The van der Waals surface area contributed by atoms with Crippen LogP contribution >= 0.6 is 12.4 Å². The molecule has 1 aromatic rings. The molecule has 0 radical (unpaired) electrons. The van der Waals surface area contributed by atoms with Crippen LogP contribution < -0.4 is 10.6 Å². The van der Waals surface area contributed by atoms with Crippen molar-refractivity contribution in [1.82, 2.24) is 10.6 Å². The maximum Gasteiger partial charge on any atom is 0.237 e. The molecule has 1 heterocycles. The number of hydrogen-bond donors (Lipinski definition) is 2. The summed E-state index contributed by atoms with van der Waals surface area (Å²) in [5.74, 6) is 0.155. The smallest absolute Gasteiger partial charge is 0.237 e. The SMILES string of the molecule is Cc1cccc(CCNC(=O)[C@H]2CCCCN2)c1.Cl. The van der Waals surface area contributed by atoms with Gasteiger partial charge in [0.2, 0.25) is 5.91 Å². The average molecular weight is 283 g/mol. The van der Waals surface area contributed by atoms with Gasteiger partial charge in [-0.3, -0.25) is 4.79 Å². The lowest BCUT2D eigenvalue weighted by Crippen LogP contribution is -2.47. The molecule has 1 atom stereocenters. The van der Waals surface area contributed by atoms with E-state index in [-0.39, 0.29) is 24.4 Å². The number of carbonyl (C=O) groups excluding carboxylic acids is 1. The molecular weight excluding hydrogens is 260 g/mol. The van der Waals surface area contributed by atoms with Gasteiger partial charge in [0.15, 0.2) is 0 Å². The minimum atomic E-state index is 0. The molecule has 0 saturated carbocycles. The van der Waals surface area contributed by atoms with E-state index in [2.05, 4.69) is 41.8 Å². The number of halogens is 1. The number of amides is 1. The Morgan fingerprint density at radius 3 is 2.95 bits per heavy atom. The predicted molar refractivity (Wildman–Crippen MR) is 80.8 cm³/mol. The van der Waals surface area contributed by atoms with Gasteiger partial charge in [-0.1, -0.05) is 36.2 Å². The van der Waals surface area contributed by atoms with E-state index >= 15 is 0 Å². The Kier molecular flexibility index (Phi) is 6.89. The topological polar surface area (TPSA) is 41.1 Å². The number of nitrogens with one attached hydrogen (secondary N) is 2. The van der Waals surface area contributed by atoms with Crippen molar-refractivity contribution in [2.24, 2.45) is 0 Å². The maximum absolute atomic E-state index is 11.9. The number of rotatable bonds is 4. The highest BCUT2D eigenvalue weighted by Crippen LogP contribution is 2.07. The van der Waals surface area contributed by atoms with Gasteiger partial charge in [0.25, 0.3) is 0 Å². The maximum atomic E-state index is 11.9. The fourth-order valence-corrected chi connectivity index (χ4v) is 2.40. The second kappa shape index (κ2) is 8.18. The third-order valence-electron chi connectivity index (χ3n) is 3.42. The van der Waals surface area contributed by atoms with Crippen LogP contribution in [0.3, 0.4) is 0 Å². The summed E-state index contributed by atoms with van der Waals surface area (Å²) in [6.45, 7) is 3.78. The van der Waals surface area contributed by atoms with Crippen LogP contribution in [0.25, 0.3) is 0 Å². The van der Waals surface area contributed by atoms with Crippen molar-refractivity contribution in [3.63, 3.8) is 0 Å². The van der Waals surface area contributed by atoms with Crippen LogP contribution in [0.4, 0.5) is 0 Å². The van der Waals surface area contributed by atoms with Crippen LogP contribution in [0, 0.1) is 6.92 Å². The molecular formula is C15H23ClN2O. The van der Waals surface area contributed by atoms with E-state index in [4.69, 9.17) is 0 Å². The van der Waals surface area contributed by atoms with E-state index in [1.54, 1.807) is 0 Å². The van der Waals surface area contributed by atoms with Crippen molar-refractivity contribution >= 4 is 18.3 Å². The summed E-state index contributed by atoms with van der Waals surface area (Å²) in [6.07, 6.45) is 4.21. The summed E-state index contributed by atoms with van der Waals surface area (Å²) in [4.78, 5) is 11.9. The molecule has 1 aromatic carbocycles. The van der Waals surface area contributed by atoms with Gasteiger partial charge in [-0.05, 0) is 38.3 Å². The molecule has 2 rings (SSSR count). The van der Waals surface area contributed by atoms with Crippen molar-refractivity contribution in [1.29, 1.82) is 0 Å². The fourth-order valence-electron chi connectivity index (χ4n) is 2.40. The van der Waals surface area contributed by atoms with Gasteiger partial charge in [-0.2, -0.15) is 0 Å². The van der Waals surface area contributed by atoms with Crippen LogP contribution in [0.1, 0.15) is 30.4 Å². The Balaban J connectivity index is 0.00000180. The van der Waals surface area contributed by atoms with Gasteiger partial charge in [-0.25, -0.2) is 0 Å². The van der Waals surface area contributed by atoms with Crippen molar-refractivity contribution in [2.75, 3.05) is 13.1 Å². The summed E-state index contributed by atoms with van der Waals surface area (Å²) < 4.78 is 0. The highest BCUT2D eigenvalue weighted by atomic mass is 35.5. The Labute approximate surface area is 121 Å². The summed E-state index contributed by atoms with van der Waals surface area (Å²) in [5, 5.41) is 6.28. The third kappa shape index (κ3) is 5.21. The number of aryl methyl sites for hydroxylation is 1. The largest absolute Gasteiger partial charge is 0.354 e. The monoisotopic (exact) mass is 282 g/mol. The fraction of sp³-hybridized carbons (Fsp3) is 0.533. The molecule has 0 aliphatic carbocycles. The second-order valence-electron chi connectivity index (χ2n) is 5.03. The molecule has 4 heteroatoms. The van der Waals surface area contributed by atoms with Crippen LogP contribution in [0.5, 0.6) is 0 Å². The zero-order valence-electron chi connectivity index (χ0n) is 11.4. The summed E-state index contributed by atoms with van der Waals surface area (Å²) in [7, 11) is 0. The lowest BCUT2D eigenvalue weighted by atomic mass is 10.0. The van der Waals surface area contributed by atoms with Crippen molar-refractivity contribution < 1.29 is 4.79 Å². The molecule has 1 amide bonds. The molecule has 0 bridgehead atoms. The molecule has 1 aliphatic heterocycles. The van der Waals surface area contributed by atoms with Gasteiger partial charge >= 0.3 is 0 Å². The molecule has 0 unspecified atom stereocenters. The van der Waals surface area contributed by atoms with Gasteiger partial charge in [0.05, 0.1) is 6.04 Å². The average Bonchev–Trinajstić information content (AvgIpc) is 2.40. The van der Waals surface area contributed by atoms with Crippen molar-refractivity contribution in [3.05, 3.63) is 35.4 Å². The first-order valence-electron chi connectivity index (χ1n) is 6.82. The Hall–Kier alpha value is -1.06. The first-order valence-corrected chi connectivity index (χ1v) is 6.82. The highest BCUT2D eigenvalue weighted by molar-refractivity contribution is 5.85. The van der Waals surface area contributed by atoms with Gasteiger partial charge in [-0.15, -0.1) is 12.4 Å². The van der Waals surface area contributed by atoms with Crippen molar-refractivity contribution in [2.45, 2.75) is 38.6 Å². The summed E-state index contributed by atoms with van der Waals surface area (Å²) in [5.41, 5.74) is 2.56. The molecule has 1 aliphatic rings. The van der Waals surface area contributed by atoms with E-state index < -0.39 is 0 Å². The van der Waals surface area contributed by atoms with E-state index in [0.29, 0.717) is 0 Å². The molecule has 2 N–H and O–H groups in total. The number of piperidine rings is 1. The second-order valence-corrected chi connectivity index (χ2v) is 5.03. The number of carbonyl (C=O) groups is 1. The quantitative estimate of drug-likeness (QED) is 0.889. The van der Waals surface area contributed by atoms with E-state index in [9.17, 15) is 4.79 Å². The van der Waals surface area contributed by atoms with E-state index in [1.807, 2.05) is 0 Å². The standard InChI is InChI=1S/C15H22N2O.ClH/c1-12-5-4-6-13(11-12)8-10-17-15(18)14-7-2-3-9-16-14;/h4-6,11,14,16H,2-3,7-10H2,1H3,(H,17,18);1H/t14-;/m1./s1. The Bertz CT molecular complexity index is 403. The van der Waals surface area contributed by atoms with Crippen LogP contribution in [0.2, 0.25) is 0 Å². The molecule has 3 nitrogen and oxygen atoms in total. The highest BCUT2D eigenvalue weighted by Gasteiger charge is 2.19. The zero-order chi connectivity index (χ0) is 12.8. The number of hydrogen-bond acceptors (Lipinski definition) is 2. The zero-order valence-corrected chi connectivity index (χ0v) is 12.3. The summed E-state index contributed by atoms with van der Waals surface area (Å²) in [6, 6.07) is 8.46. The van der Waals surface area contributed by atoms with E-state index in [0.717, 1.165) is 32.4 Å². The lowest BCUT2D eigenvalue weighted by Gasteiger charge is -2.22. The van der Waals surface area contributed by atoms with Crippen LogP contribution in [-0.2, 0) is 11.2 Å². The van der Waals surface area contributed by atoms with Gasteiger partial charge in [0.1, 0.15) is 0 Å². The first-order chi connectivity index (χ1) is 8.75. The lowest BCUT2D eigenvalue weighted by molar-refractivity contribution is -0.123. The third-order valence-corrected chi connectivity index (χ3v) is 3.42. The minimum absolute atomic E-state index is 0. The minimum Gasteiger partial charge on any atom is -0.354 e. The number of benzene rings is 1.